The van der Waals surface area contributed by atoms with Gasteiger partial charge in [0, 0.05) is 10.2 Å². The van der Waals surface area contributed by atoms with Crippen LogP contribution >= 0.6 is 15.9 Å². The number of carbonyl (C=O) groups excluding carboxylic acids is 2. The number of benzene rings is 2. The molecule has 2 rings (SSSR count). The monoisotopic (exact) mass is 401 g/mol. The Balaban J connectivity index is 1.77. The molecular formula is C18H16BrN3O3. The van der Waals surface area contributed by atoms with Gasteiger partial charge in [-0.15, -0.1) is 0 Å². The number of hydrogen-bond acceptors (Lipinski definition) is 4. The van der Waals surface area contributed by atoms with Crippen LogP contribution in [0.3, 0.4) is 0 Å². The van der Waals surface area contributed by atoms with Crippen LogP contribution in [-0.2, 0) is 9.59 Å². The molecule has 0 aliphatic rings. The van der Waals surface area contributed by atoms with Gasteiger partial charge in [0.1, 0.15) is 5.75 Å². The predicted octanol–water partition coefficient (Wildman–Crippen LogP) is 2.76. The van der Waals surface area contributed by atoms with E-state index >= 15 is 0 Å². The molecule has 25 heavy (non-hydrogen) atoms. The third kappa shape index (κ3) is 5.94. The number of aryl methyl sites for hydroxylation is 1. The van der Waals surface area contributed by atoms with Crippen LogP contribution in [-0.4, -0.2) is 25.0 Å². The zero-order valence-electron chi connectivity index (χ0n) is 13.5. The van der Waals surface area contributed by atoms with Gasteiger partial charge in [0.05, 0.1) is 18.2 Å². The van der Waals surface area contributed by atoms with E-state index in [2.05, 4.69) is 26.6 Å². The second kappa shape index (κ2) is 8.85. The second-order valence-electron chi connectivity index (χ2n) is 5.21. The van der Waals surface area contributed by atoms with E-state index in [0.29, 0.717) is 17.0 Å². The van der Waals surface area contributed by atoms with Gasteiger partial charge >= 0.3 is 0 Å². The van der Waals surface area contributed by atoms with Gasteiger partial charge in [-0.1, -0.05) is 22.0 Å². The first kappa shape index (κ1) is 18.5. The van der Waals surface area contributed by atoms with Crippen LogP contribution in [0.25, 0.3) is 0 Å². The van der Waals surface area contributed by atoms with E-state index in [1.54, 1.807) is 24.3 Å². The van der Waals surface area contributed by atoms with Crippen molar-refractivity contribution < 1.29 is 14.3 Å². The number of hydrogen-bond donors (Lipinski definition) is 2. The average molecular weight is 402 g/mol. The highest BCUT2D eigenvalue weighted by atomic mass is 79.9. The van der Waals surface area contributed by atoms with Crippen LogP contribution in [0.5, 0.6) is 5.75 Å². The molecule has 0 radical (unpaired) electrons. The molecule has 0 aliphatic heterocycles. The molecule has 2 N–H and O–H groups in total. The smallest absolute Gasteiger partial charge is 0.258 e. The van der Waals surface area contributed by atoms with Gasteiger partial charge < -0.3 is 15.4 Å². The van der Waals surface area contributed by atoms with Crippen molar-refractivity contribution in [3.8, 4) is 11.8 Å². The quantitative estimate of drug-likeness (QED) is 0.778. The number of ether oxygens (including phenoxy) is 1. The number of halogens is 1. The lowest BCUT2D eigenvalue weighted by Gasteiger charge is -2.10. The number of carbonyl (C=O) groups is 2. The van der Waals surface area contributed by atoms with E-state index in [1.165, 1.54) is 6.07 Å². The van der Waals surface area contributed by atoms with E-state index in [4.69, 9.17) is 10.00 Å². The van der Waals surface area contributed by atoms with E-state index in [0.717, 1.165) is 10.0 Å². The number of amides is 2. The largest absolute Gasteiger partial charge is 0.484 e. The van der Waals surface area contributed by atoms with E-state index in [1.807, 2.05) is 25.1 Å². The van der Waals surface area contributed by atoms with Crippen molar-refractivity contribution in [3.05, 3.63) is 58.1 Å². The van der Waals surface area contributed by atoms with Crippen LogP contribution in [0, 0.1) is 18.3 Å². The van der Waals surface area contributed by atoms with Crippen molar-refractivity contribution in [1.29, 1.82) is 5.26 Å². The normalized spacial score (nSPS) is 9.80. The van der Waals surface area contributed by atoms with Crippen LogP contribution in [0.15, 0.2) is 46.9 Å². The molecule has 0 saturated heterocycles. The molecule has 0 atom stereocenters. The Kier molecular flexibility index (Phi) is 6.54. The predicted molar refractivity (Wildman–Crippen MR) is 97.2 cm³/mol. The second-order valence-corrected chi connectivity index (χ2v) is 6.13. The molecule has 2 aromatic rings. The first-order chi connectivity index (χ1) is 12.0. The molecule has 0 heterocycles. The fraction of sp³-hybridized carbons (Fsp3) is 0.167. The van der Waals surface area contributed by atoms with E-state index in [-0.39, 0.29) is 19.1 Å². The lowest BCUT2D eigenvalue weighted by molar-refractivity contribution is -0.125. The van der Waals surface area contributed by atoms with E-state index in [9.17, 15) is 9.59 Å². The Hall–Kier alpha value is -2.85. The number of rotatable bonds is 6. The number of nitriles is 1. The van der Waals surface area contributed by atoms with Gasteiger partial charge in [0.2, 0.25) is 5.91 Å². The SMILES string of the molecule is Cc1cc(Br)ccc1NC(=O)CNC(=O)COc1cccc(C#N)c1. The molecule has 0 fully saturated rings. The maximum absolute atomic E-state index is 11.9. The Bertz CT molecular complexity index is 831. The molecule has 2 aromatic carbocycles. The highest BCUT2D eigenvalue weighted by Gasteiger charge is 2.08. The molecule has 6 nitrogen and oxygen atoms in total. The summed E-state index contributed by atoms with van der Waals surface area (Å²) in [6.07, 6.45) is 0. The zero-order chi connectivity index (χ0) is 18.2. The molecule has 2 amide bonds. The topological polar surface area (TPSA) is 91.2 Å². The minimum atomic E-state index is -0.426. The number of nitrogens with one attached hydrogen (secondary N) is 2. The molecule has 0 aromatic heterocycles. The summed E-state index contributed by atoms with van der Waals surface area (Å²) in [7, 11) is 0. The Morgan fingerprint density at radius 1 is 1.20 bits per heavy atom. The highest BCUT2D eigenvalue weighted by molar-refractivity contribution is 9.10. The van der Waals surface area contributed by atoms with Crippen LogP contribution in [0.2, 0.25) is 0 Å². The highest BCUT2D eigenvalue weighted by Crippen LogP contribution is 2.19. The minimum absolute atomic E-state index is 0.157. The van der Waals surface area contributed by atoms with Crippen molar-refractivity contribution >= 4 is 33.4 Å². The summed E-state index contributed by atoms with van der Waals surface area (Å²) in [6.45, 7) is 1.48. The summed E-state index contributed by atoms with van der Waals surface area (Å²) in [5.41, 5.74) is 2.05. The minimum Gasteiger partial charge on any atom is -0.484 e. The van der Waals surface area contributed by atoms with Crippen LogP contribution < -0.4 is 15.4 Å². The molecule has 0 unspecified atom stereocenters. The lowest BCUT2D eigenvalue weighted by atomic mass is 10.2. The third-order valence-corrected chi connectivity index (χ3v) is 3.73. The fourth-order valence-corrected chi connectivity index (χ4v) is 2.47. The number of anilines is 1. The maximum Gasteiger partial charge on any atom is 0.258 e. The van der Waals surface area contributed by atoms with Crippen molar-refractivity contribution in [3.63, 3.8) is 0 Å². The van der Waals surface area contributed by atoms with Gasteiger partial charge in [0.25, 0.3) is 5.91 Å². The summed E-state index contributed by atoms with van der Waals surface area (Å²) in [4.78, 5) is 23.6. The average Bonchev–Trinajstić information content (AvgIpc) is 2.60. The summed E-state index contributed by atoms with van der Waals surface area (Å²) in [6, 6.07) is 14.0. The molecule has 0 saturated carbocycles. The first-order valence-corrected chi connectivity index (χ1v) is 8.23. The number of nitrogens with zero attached hydrogens (tertiary/aromatic N) is 1. The Morgan fingerprint density at radius 2 is 2.00 bits per heavy atom. The maximum atomic E-state index is 11.9. The van der Waals surface area contributed by atoms with Gasteiger partial charge in [-0.05, 0) is 48.9 Å². The summed E-state index contributed by atoms with van der Waals surface area (Å²) < 4.78 is 6.22. The zero-order valence-corrected chi connectivity index (χ0v) is 15.1. The van der Waals surface area contributed by atoms with Crippen molar-refractivity contribution in [2.75, 3.05) is 18.5 Å². The summed E-state index contributed by atoms with van der Waals surface area (Å²) >= 11 is 3.36. The van der Waals surface area contributed by atoms with Crippen LogP contribution in [0.1, 0.15) is 11.1 Å². The Morgan fingerprint density at radius 3 is 2.72 bits per heavy atom. The van der Waals surface area contributed by atoms with Crippen molar-refractivity contribution in [1.82, 2.24) is 5.32 Å². The van der Waals surface area contributed by atoms with Gasteiger partial charge in [0.15, 0.2) is 6.61 Å². The molecule has 128 valence electrons. The summed E-state index contributed by atoms with van der Waals surface area (Å²) in [5, 5.41) is 14.0. The van der Waals surface area contributed by atoms with Crippen molar-refractivity contribution in [2.45, 2.75) is 6.92 Å². The molecule has 0 bridgehead atoms. The first-order valence-electron chi connectivity index (χ1n) is 7.43. The van der Waals surface area contributed by atoms with Crippen molar-refractivity contribution in [2.24, 2.45) is 0 Å². The summed E-state index contributed by atoms with van der Waals surface area (Å²) in [5.74, 6) is -0.334. The van der Waals surface area contributed by atoms with Gasteiger partial charge in [-0.3, -0.25) is 9.59 Å². The lowest BCUT2D eigenvalue weighted by Crippen LogP contribution is -2.35. The molecule has 0 spiro atoms. The molecule has 0 aliphatic carbocycles. The molecule has 7 heteroatoms. The van der Waals surface area contributed by atoms with Gasteiger partial charge in [-0.25, -0.2) is 0 Å². The van der Waals surface area contributed by atoms with Gasteiger partial charge in [-0.2, -0.15) is 5.26 Å². The van der Waals surface area contributed by atoms with Crippen LogP contribution in [0.4, 0.5) is 5.69 Å². The standard InChI is InChI=1S/C18H16BrN3O3/c1-12-7-14(19)5-6-16(12)22-17(23)10-21-18(24)11-25-15-4-2-3-13(8-15)9-20/h2-8H,10-11H2,1H3,(H,21,24)(H,22,23). The van der Waals surface area contributed by atoms with E-state index < -0.39 is 5.91 Å². The third-order valence-electron chi connectivity index (χ3n) is 3.24. The molecular weight excluding hydrogens is 386 g/mol. The fourth-order valence-electron chi connectivity index (χ4n) is 2.00. The Labute approximate surface area is 153 Å².